The van der Waals surface area contributed by atoms with Crippen molar-refractivity contribution in [3.05, 3.63) is 23.9 Å². The second-order valence-electron chi connectivity index (χ2n) is 4.86. The van der Waals surface area contributed by atoms with Gasteiger partial charge in [-0.25, -0.2) is 18.8 Å². The molecule has 23 heavy (non-hydrogen) atoms. The molecule has 0 atom stereocenters. The maximum absolute atomic E-state index is 12.1. The molecule has 0 aromatic carbocycles. The van der Waals surface area contributed by atoms with Crippen molar-refractivity contribution in [3.8, 4) is 5.88 Å². The number of hydrogen-bond donors (Lipinski definition) is 2. The fraction of sp³-hybridized carbons (Fsp3) is 0.600. The molecule has 1 aromatic rings. The number of hydrogen-bond acceptors (Lipinski definition) is 3. The molecular weight excluding hydrogens is 417 g/mol. The zero-order chi connectivity index (χ0) is 16.2. The van der Waals surface area contributed by atoms with Crippen LogP contribution in [0.2, 0.25) is 0 Å². The fourth-order valence-corrected chi connectivity index (χ4v) is 1.76. The van der Waals surface area contributed by atoms with Gasteiger partial charge in [-0.3, -0.25) is 0 Å². The molecule has 0 amide bonds. The van der Waals surface area contributed by atoms with Gasteiger partial charge >= 0.3 is 0 Å². The van der Waals surface area contributed by atoms with E-state index in [0.717, 1.165) is 13.0 Å². The Morgan fingerprint density at radius 2 is 2.13 bits per heavy atom. The van der Waals surface area contributed by atoms with E-state index in [-0.39, 0.29) is 36.4 Å². The van der Waals surface area contributed by atoms with Gasteiger partial charge in [-0.05, 0) is 12.5 Å². The summed E-state index contributed by atoms with van der Waals surface area (Å²) >= 11 is 0. The first-order valence-corrected chi connectivity index (χ1v) is 7.52. The van der Waals surface area contributed by atoms with Crippen molar-refractivity contribution in [3.63, 3.8) is 0 Å². The van der Waals surface area contributed by atoms with Crippen LogP contribution in [0.5, 0.6) is 5.88 Å². The van der Waals surface area contributed by atoms with E-state index < -0.39 is 13.0 Å². The van der Waals surface area contributed by atoms with Crippen molar-refractivity contribution in [2.75, 3.05) is 13.2 Å². The molecule has 0 fully saturated rings. The lowest BCUT2D eigenvalue weighted by atomic mass is 10.2. The first-order chi connectivity index (χ1) is 10.6. The summed E-state index contributed by atoms with van der Waals surface area (Å²) in [6, 6.07) is 4.96. The van der Waals surface area contributed by atoms with Crippen molar-refractivity contribution in [1.29, 1.82) is 0 Å². The van der Waals surface area contributed by atoms with Gasteiger partial charge in [-0.15, -0.1) is 24.0 Å². The molecule has 0 bridgehead atoms. The third-order valence-electron chi connectivity index (χ3n) is 2.89. The quantitative estimate of drug-likeness (QED) is 0.253. The summed E-state index contributed by atoms with van der Waals surface area (Å²) in [7, 11) is 0. The molecule has 5 nitrogen and oxygen atoms in total. The number of nitrogens with one attached hydrogen (secondary N) is 1. The number of ether oxygens (including phenoxy) is 1. The number of aromatic nitrogens is 1. The van der Waals surface area contributed by atoms with E-state index in [0.29, 0.717) is 11.7 Å². The molecule has 132 valence electrons. The van der Waals surface area contributed by atoms with Crippen LogP contribution in [0.25, 0.3) is 0 Å². The van der Waals surface area contributed by atoms with Crippen LogP contribution in [0.4, 0.5) is 8.78 Å². The van der Waals surface area contributed by atoms with Crippen LogP contribution >= 0.6 is 24.0 Å². The van der Waals surface area contributed by atoms with E-state index in [2.05, 4.69) is 22.2 Å². The number of alkyl halides is 2. The number of aliphatic imine (C=N–C) groups is 1. The molecule has 0 radical (unpaired) electrons. The Bertz CT molecular complexity index is 461. The van der Waals surface area contributed by atoms with Crippen molar-refractivity contribution >= 4 is 29.9 Å². The van der Waals surface area contributed by atoms with Crippen LogP contribution in [-0.2, 0) is 6.54 Å². The standard InChI is InChI=1S/C15H24F2N4O.HI/c1-2-3-4-5-9-19-15(18)20-10-12-7-6-8-14(21-12)22-11-13(16)17;/h6-8,13H,2-5,9-11H2,1H3,(H3,18,19,20);1H. The average Bonchev–Trinajstić information content (AvgIpc) is 2.51. The van der Waals surface area contributed by atoms with Gasteiger partial charge in [-0.2, -0.15) is 0 Å². The van der Waals surface area contributed by atoms with Crippen molar-refractivity contribution in [2.45, 2.75) is 45.6 Å². The SMILES string of the molecule is CCCCCCNC(N)=NCc1cccc(OCC(F)F)n1.I. The molecule has 1 heterocycles. The minimum Gasteiger partial charge on any atom is -0.472 e. The fourth-order valence-electron chi connectivity index (χ4n) is 1.76. The highest BCUT2D eigenvalue weighted by molar-refractivity contribution is 14.0. The molecule has 0 aliphatic heterocycles. The molecule has 0 spiro atoms. The molecule has 0 saturated heterocycles. The topological polar surface area (TPSA) is 72.5 Å². The Morgan fingerprint density at radius 1 is 1.35 bits per heavy atom. The van der Waals surface area contributed by atoms with Gasteiger partial charge in [0.05, 0.1) is 12.2 Å². The predicted octanol–water partition coefficient (Wildman–Crippen LogP) is 3.33. The molecule has 3 N–H and O–H groups in total. The summed E-state index contributed by atoms with van der Waals surface area (Å²) in [6.45, 7) is 2.57. The number of rotatable bonds is 10. The molecule has 1 rings (SSSR count). The minimum atomic E-state index is -2.52. The first kappa shape index (κ1) is 21.8. The lowest BCUT2D eigenvalue weighted by molar-refractivity contribution is 0.0795. The Balaban J connectivity index is 0.00000484. The third kappa shape index (κ3) is 11.1. The molecule has 8 heteroatoms. The molecular formula is C15H25F2IN4O. The summed E-state index contributed by atoms with van der Waals surface area (Å²) in [5, 5.41) is 3.04. The second-order valence-corrected chi connectivity index (χ2v) is 4.86. The van der Waals surface area contributed by atoms with Crippen LogP contribution in [0.15, 0.2) is 23.2 Å². The van der Waals surface area contributed by atoms with Gasteiger partial charge < -0.3 is 15.8 Å². The van der Waals surface area contributed by atoms with E-state index in [1.165, 1.54) is 25.3 Å². The van der Waals surface area contributed by atoms with Crippen molar-refractivity contribution in [1.82, 2.24) is 10.3 Å². The van der Waals surface area contributed by atoms with Gasteiger partial charge in [0.25, 0.3) is 6.43 Å². The summed E-state index contributed by atoms with van der Waals surface area (Å²) in [5.74, 6) is 0.524. The van der Waals surface area contributed by atoms with Crippen LogP contribution < -0.4 is 15.8 Å². The molecule has 0 aliphatic rings. The Morgan fingerprint density at radius 3 is 2.83 bits per heavy atom. The predicted molar refractivity (Wildman–Crippen MR) is 98.6 cm³/mol. The normalized spacial score (nSPS) is 11.2. The number of nitrogens with two attached hydrogens (primary N) is 1. The van der Waals surface area contributed by atoms with Gasteiger partial charge in [0.15, 0.2) is 12.6 Å². The Hall–Kier alpha value is -1.19. The van der Waals surface area contributed by atoms with Crippen LogP contribution in [-0.4, -0.2) is 30.5 Å². The van der Waals surface area contributed by atoms with Gasteiger partial charge in [0.1, 0.15) is 0 Å². The number of guanidine groups is 1. The largest absolute Gasteiger partial charge is 0.472 e. The summed E-state index contributed by atoms with van der Waals surface area (Å²) < 4.78 is 29.0. The van der Waals surface area contributed by atoms with Crippen LogP contribution in [0, 0.1) is 0 Å². The van der Waals surface area contributed by atoms with Gasteiger partial charge in [-0.1, -0.05) is 32.3 Å². The smallest absolute Gasteiger partial charge is 0.272 e. The molecule has 0 unspecified atom stereocenters. The third-order valence-corrected chi connectivity index (χ3v) is 2.89. The average molecular weight is 442 g/mol. The number of halogens is 3. The zero-order valence-electron chi connectivity index (χ0n) is 13.3. The molecule has 0 saturated carbocycles. The Labute approximate surface area is 153 Å². The lowest BCUT2D eigenvalue weighted by Crippen LogP contribution is -2.32. The monoisotopic (exact) mass is 442 g/mol. The van der Waals surface area contributed by atoms with E-state index in [1.807, 2.05) is 0 Å². The second kappa shape index (κ2) is 13.3. The maximum Gasteiger partial charge on any atom is 0.272 e. The van der Waals surface area contributed by atoms with Crippen molar-refractivity contribution < 1.29 is 13.5 Å². The van der Waals surface area contributed by atoms with E-state index in [1.54, 1.807) is 12.1 Å². The minimum absolute atomic E-state index is 0. The lowest BCUT2D eigenvalue weighted by Gasteiger charge is -2.07. The van der Waals surface area contributed by atoms with E-state index in [4.69, 9.17) is 10.5 Å². The van der Waals surface area contributed by atoms with E-state index in [9.17, 15) is 8.78 Å². The summed E-state index contributed by atoms with van der Waals surface area (Å²) in [5.41, 5.74) is 6.37. The summed E-state index contributed by atoms with van der Waals surface area (Å²) in [6.07, 6.45) is 2.12. The van der Waals surface area contributed by atoms with Gasteiger partial charge in [0.2, 0.25) is 5.88 Å². The highest BCUT2D eigenvalue weighted by Gasteiger charge is 2.05. The van der Waals surface area contributed by atoms with Crippen LogP contribution in [0.1, 0.15) is 38.3 Å². The maximum atomic E-state index is 12.1. The van der Waals surface area contributed by atoms with Crippen molar-refractivity contribution in [2.24, 2.45) is 10.7 Å². The first-order valence-electron chi connectivity index (χ1n) is 7.52. The number of unbranched alkanes of at least 4 members (excludes halogenated alkanes) is 3. The zero-order valence-corrected chi connectivity index (χ0v) is 15.6. The Kier molecular flexibility index (Phi) is 12.6. The van der Waals surface area contributed by atoms with Gasteiger partial charge in [0, 0.05) is 12.6 Å². The highest BCUT2D eigenvalue weighted by atomic mass is 127. The number of pyridine rings is 1. The van der Waals surface area contributed by atoms with Crippen LogP contribution in [0.3, 0.4) is 0 Å². The number of nitrogens with zero attached hydrogens (tertiary/aromatic N) is 2. The highest BCUT2D eigenvalue weighted by Crippen LogP contribution is 2.09. The molecule has 1 aromatic heterocycles. The molecule has 0 aliphatic carbocycles. The van der Waals surface area contributed by atoms with E-state index >= 15 is 0 Å². The summed E-state index contributed by atoms with van der Waals surface area (Å²) in [4.78, 5) is 8.26.